The van der Waals surface area contributed by atoms with Crippen molar-refractivity contribution in [2.75, 3.05) is 10.6 Å². The van der Waals surface area contributed by atoms with Gasteiger partial charge >= 0.3 is 6.03 Å². The zero-order chi connectivity index (χ0) is 21.3. The summed E-state index contributed by atoms with van der Waals surface area (Å²) in [6.45, 7) is 0. The first-order valence-electron chi connectivity index (χ1n) is 8.61. The van der Waals surface area contributed by atoms with Crippen molar-refractivity contribution < 1.29 is 22.8 Å². The monoisotopic (exact) mass is 427 g/mol. The normalized spacial score (nSPS) is 10.8. The van der Waals surface area contributed by atoms with Crippen molar-refractivity contribution in [1.29, 1.82) is 0 Å². The molecule has 0 spiro atoms. The van der Waals surface area contributed by atoms with Gasteiger partial charge in [0.15, 0.2) is 17.4 Å². The Balaban J connectivity index is 1.60. The number of thiazole rings is 1. The second-order valence-corrected chi connectivity index (χ2v) is 7.16. The molecule has 0 unspecified atom stereocenters. The Morgan fingerprint density at radius 2 is 1.70 bits per heavy atom. The molecule has 3 aromatic carbocycles. The summed E-state index contributed by atoms with van der Waals surface area (Å²) in [5.74, 6) is -3.90. The van der Waals surface area contributed by atoms with Crippen LogP contribution in [0.4, 0.5) is 29.3 Å². The molecule has 5 nitrogen and oxygen atoms in total. The van der Waals surface area contributed by atoms with Crippen LogP contribution >= 0.6 is 11.3 Å². The van der Waals surface area contributed by atoms with E-state index in [0.29, 0.717) is 5.52 Å². The maximum Gasteiger partial charge on any atom is 0.323 e. The van der Waals surface area contributed by atoms with Gasteiger partial charge in [-0.05, 0) is 42.5 Å². The van der Waals surface area contributed by atoms with Crippen LogP contribution < -0.4 is 10.6 Å². The largest absolute Gasteiger partial charge is 0.323 e. The number of nitrogens with one attached hydrogen (secondary N) is 2. The van der Waals surface area contributed by atoms with E-state index >= 15 is 0 Å². The molecule has 0 aliphatic rings. The molecule has 9 heteroatoms. The van der Waals surface area contributed by atoms with E-state index in [9.17, 15) is 22.8 Å². The standard InChI is InChI=1S/C21H12F3N3O2S/c22-12-2-1-3-13(7-12)26-21(29)27-14-8-15(19(24)16(23)9-14)20(28)11-4-5-17-18(6-11)30-10-25-17/h1-10H,(H2,26,27,29). The number of fused-ring (bicyclic) bond motifs is 1. The third-order valence-electron chi connectivity index (χ3n) is 4.21. The van der Waals surface area contributed by atoms with Crippen LogP contribution in [-0.4, -0.2) is 16.8 Å². The van der Waals surface area contributed by atoms with Crippen LogP contribution in [0.3, 0.4) is 0 Å². The van der Waals surface area contributed by atoms with E-state index in [1.54, 1.807) is 17.6 Å². The van der Waals surface area contributed by atoms with Gasteiger partial charge in [-0.25, -0.2) is 22.9 Å². The molecule has 0 aliphatic carbocycles. The van der Waals surface area contributed by atoms with Gasteiger partial charge in [-0.2, -0.15) is 0 Å². The smallest absolute Gasteiger partial charge is 0.308 e. The molecular weight excluding hydrogens is 415 g/mol. The number of aromatic nitrogens is 1. The number of benzene rings is 3. The maximum atomic E-state index is 14.3. The van der Waals surface area contributed by atoms with E-state index in [2.05, 4.69) is 15.6 Å². The lowest BCUT2D eigenvalue weighted by Crippen LogP contribution is -2.20. The molecule has 0 radical (unpaired) electrons. The van der Waals surface area contributed by atoms with Crippen LogP contribution in [0.25, 0.3) is 10.2 Å². The van der Waals surface area contributed by atoms with Gasteiger partial charge in [0, 0.05) is 23.0 Å². The van der Waals surface area contributed by atoms with Crippen molar-refractivity contribution in [2.24, 2.45) is 0 Å². The lowest BCUT2D eigenvalue weighted by molar-refractivity contribution is 0.103. The minimum absolute atomic E-state index is 0.134. The molecular formula is C21H12F3N3O2S. The summed E-state index contributed by atoms with van der Waals surface area (Å²) >= 11 is 1.31. The van der Waals surface area contributed by atoms with Crippen LogP contribution in [0, 0.1) is 17.5 Å². The summed E-state index contributed by atoms with van der Waals surface area (Å²) in [4.78, 5) is 29.0. The Labute approximate surface area is 172 Å². The number of halogens is 3. The first-order chi connectivity index (χ1) is 14.4. The first kappa shape index (κ1) is 19.6. The summed E-state index contributed by atoms with van der Waals surface area (Å²) in [6.07, 6.45) is 0. The summed E-state index contributed by atoms with van der Waals surface area (Å²) in [7, 11) is 0. The molecule has 4 aromatic rings. The average molecular weight is 427 g/mol. The summed E-state index contributed by atoms with van der Waals surface area (Å²) in [5.41, 5.74) is 1.97. The van der Waals surface area contributed by atoms with E-state index in [1.807, 2.05) is 0 Å². The number of hydrogen-bond acceptors (Lipinski definition) is 4. The Bertz CT molecular complexity index is 1290. The summed E-state index contributed by atoms with van der Waals surface area (Å²) in [5, 5.41) is 4.68. The van der Waals surface area contributed by atoms with E-state index in [-0.39, 0.29) is 16.9 Å². The highest BCUT2D eigenvalue weighted by atomic mass is 32.1. The topological polar surface area (TPSA) is 71.1 Å². The molecule has 30 heavy (non-hydrogen) atoms. The number of amides is 2. The fraction of sp³-hybridized carbons (Fsp3) is 0. The molecule has 1 heterocycles. The van der Waals surface area contributed by atoms with E-state index in [1.165, 1.54) is 35.6 Å². The van der Waals surface area contributed by atoms with E-state index in [0.717, 1.165) is 22.9 Å². The minimum atomic E-state index is -1.32. The Morgan fingerprint density at radius 3 is 2.50 bits per heavy atom. The van der Waals surface area contributed by atoms with Gasteiger partial charge in [-0.3, -0.25) is 4.79 Å². The molecule has 0 saturated carbocycles. The number of anilines is 2. The highest BCUT2D eigenvalue weighted by Gasteiger charge is 2.20. The van der Waals surface area contributed by atoms with Crippen molar-refractivity contribution in [1.82, 2.24) is 4.98 Å². The molecule has 2 N–H and O–H groups in total. The second kappa shape index (κ2) is 7.96. The van der Waals surface area contributed by atoms with Gasteiger partial charge in [0.05, 0.1) is 21.3 Å². The lowest BCUT2D eigenvalue weighted by Gasteiger charge is -2.10. The van der Waals surface area contributed by atoms with Crippen molar-refractivity contribution in [3.05, 3.63) is 88.7 Å². The van der Waals surface area contributed by atoms with Crippen molar-refractivity contribution in [3.63, 3.8) is 0 Å². The Kier molecular flexibility index (Phi) is 5.20. The van der Waals surface area contributed by atoms with Gasteiger partial charge in [0.1, 0.15) is 5.82 Å². The third kappa shape index (κ3) is 4.01. The SMILES string of the molecule is O=C(Nc1cccc(F)c1)Nc1cc(F)c(F)c(C(=O)c2ccc3ncsc3c2)c1. The molecule has 0 atom stereocenters. The summed E-state index contributed by atoms with van der Waals surface area (Å²) in [6, 6.07) is 10.8. The molecule has 4 rings (SSSR count). The van der Waals surface area contributed by atoms with Crippen LogP contribution in [0.5, 0.6) is 0 Å². The number of nitrogens with zero attached hydrogens (tertiary/aromatic N) is 1. The maximum absolute atomic E-state index is 14.3. The fourth-order valence-corrected chi connectivity index (χ4v) is 3.55. The van der Waals surface area contributed by atoms with Crippen molar-refractivity contribution in [2.45, 2.75) is 0 Å². The van der Waals surface area contributed by atoms with Crippen LogP contribution in [-0.2, 0) is 0 Å². The number of carbonyl (C=O) groups excluding carboxylic acids is 2. The van der Waals surface area contributed by atoms with E-state index < -0.39 is 34.8 Å². The predicted octanol–water partition coefficient (Wildman–Crippen LogP) is 5.59. The number of carbonyl (C=O) groups is 2. The molecule has 150 valence electrons. The predicted molar refractivity (Wildman–Crippen MR) is 108 cm³/mol. The second-order valence-electron chi connectivity index (χ2n) is 6.27. The Morgan fingerprint density at radius 1 is 0.900 bits per heavy atom. The molecule has 1 aromatic heterocycles. The molecule has 0 aliphatic heterocycles. The number of hydrogen-bond donors (Lipinski definition) is 2. The van der Waals surface area contributed by atoms with Gasteiger partial charge in [0.2, 0.25) is 0 Å². The third-order valence-corrected chi connectivity index (χ3v) is 5.00. The highest BCUT2D eigenvalue weighted by molar-refractivity contribution is 7.16. The number of ketones is 1. The van der Waals surface area contributed by atoms with Crippen LogP contribution in [0.1, 0.15) is 15.9 Å². The zero-order valence-electron chi connectivity index (χ0n) is 15.1. The Hall–Kier alpha value is -3.72. The molecule has 0 bridgehead atoms. The highest BCUT2D eigenvalue weighted by Crippen LogP contribution is 2.25. The zero-order valence-corrected chi connectivity index (χ0v) is 15.9. The first-order valence-corrected chi connectivity index (χ1v) is 9.49. The summed E-state index contributed by atoms with van der Waals surface area (Å²) < 4.78 is 42.4. The van der Waals surface area contributed by atoms with Gasteiger partial charge < -0.3 is 10.6 Å². The molecule has 0 fully saturated rings. The number of rotatable bonds is 4. The van der Waals surface area contributed by atoms with Gasteiger partial charge in [-0.15, -0.1) is 11.3 Å². The van der Waals surface area contributed by atoms with Crippen LogP contribution in [0.15, 0.2) is 60.1 Å². The van der Waals surface area contributed by atoms with Crippen LogP contribution in [0.2, 0.25) is 0 Å². The minimum Gasteiger partial charge on any atom is -0.308 e. The molecule has 2 amide bonds. The van der Waals surface area contributed by atoms with Gasteiger partial charge in [0.25, 0.3) is 0 Å². The number of urea groups is 1. The quantitative estimate of drug-likeness (QED) is 0.417. The van der Waals surface area contributed by atoms with Crippen molar-refractivity contribution >= 4 is 44.7 Å². The van der Waals surface area contributed by atoms with Crippen molar-refractivity contribution in [3.8, 4) is 0 Å². The lowest BCUT2D eigenvalue weighted by atomic mass is 10.0. The van der Waals surface area contributed by atoms with E-state index in [4.69, 9.17) is 0 Å². The fourth-order valence-electron chi connectivity index (χ4n) is 2.84. The average Bonchev–Trinajstić information content (AvgIpc) is 3.18. The van der Waals surface area contributed by atoms with Gasteiger partial charge in [-0.1, -0.05) is 6.07 Å². The molecule has 0 saturated heterocycles.